The minimum atomic E-state index is -1.29. The Kier molecular flexibility index (Phi) is 5.54. The van der Waals surface area contributed by atoms with E-state index in [0.29, 0.717) is 12.5 Å². The van der Waals surface area contributed by atoms with Crippen LogP contribution in [-0.2, 0) is 0 Å². The lowest BCUT2D eigenvalue weighted by Crippen LogP contribution is -2.47. The van der Waals surface area contributed by atoms with E-state index in [2.05, 4.69) is 13.8 Å². The highest BCUT2D eigenvalue weighted by molar-refractivity contribution is 5.98. The molecule has 0 aliphatic carbocycles. The Morgan fingerprint density at radius 2 is 2.00 bits per heavy atom. The molecule has 1 saturated heterocycles. The summed E-state index contributed by atoms with van der Waals surface area (Å²) in [5.74, 6) is -1.25. The second-order valence-electron chi connectivity index (χ2n) is 6.30. The molecule has 130 valence electrons. The predicted octanol–water partition coefficient (Wildman–Crippen LogP) is 3.33. The summed E-state index contributed by atoms with van der Waals surface area (Å²) in [5, 5.41) is 20.2. The lowest BCUT2D eigenvalue weighted by atomic mass is 9.87. The number of nitrogens with zero attached hydrogens (tertiary/aromatic N) is 2. The van der Waals surface area contributed by atoms with Gasteiger partial charge in [0.2, 0.25) is 0 Å². The van der Waals surface area contributed by atoms with Gasteiger partial charge in [0, 0.05) is 30.3 Å². The van der Waals surface area contributed by atoms with E-state index in [-0.39, 0.29) is 28.8 Å². The molecular weight excluding hydrogens is 312 g/mol. The number of benzene rings is 1. The van der Waals surface area contributed by atoms with Gasteiger partial charge in [-0.15, -0.1) is 0 Å². The number of aromatic carboxylic acids is 1. The first-order valence-electron chi connectivity index (χ1n) is 8.18. The molecule has 1 aliphatic rings. The monoisotopic (exact) mass is 334 g/mol. The SMILES string of the molecule is CCCC1C(C)CCCN1C(=O)c1cc(C(=O)O)cc([N+](=O)[O-])c1. The number of piperidine rings is 1. The minimum absolute atomic E-state index is 0.0665. The third kappa shape index (κ3) is 3.72. The molecule has 1 aromatic rings. The maximum Gasteiger partial charge on any atom is 0.335 e. The molecule has 0 saturated carbocycles. The van der Waals surface area contributed by atoms with E-state index >= 15 is 0 Å². The summed E-state index contributed by atoms with van der Waals surface area (Å²) in [6.07, 6.45) is 3.74. The fraction of sp³-hybridized carbons (Fsp3) is 0.529. The number of carboxylic acids is 1. The summed E-state index contributed by atoms with van der Waals surface area (Å²) >= 11 is 0. The second kappa shape index (κ2) is 7.42. The zero-order valence-electron chi connectivity index (χ0n) is 13.9. The van der Waals surface area contributed by atoms with Crippen molar-refractivity contribution in [2.45, 2.75) is 45.6 Å². The van der Waals surface area contributed by atoms with Gasteiger partial charge in [0.05, 0.1) is 10.5 Å². The number of hydrogen-bond acceptors (Lipinski definition) is 4. The molecule has 2 atom stereocenters. The molecule has 1 fully saturated rings. The third-order valence-corrected chi connectivity index (χ3v) is 4.58. The fourth-order valence-corrected chi connectivity index (χ4v) is 3.37. The Hall–Kier alpha value is -2.44. The van der Waals surface area contributed by atoms with Gasteiger partial charge in [0.15, 0.2) is 0 Å². The number of carbonyl (C=O) groups is 2. The predicted molar refractivity (Wildman–Crippen MR) is 88.2 cm³/mol. The molecule has 1 N–H and O–H groups in total. The van der Waals surface area contributed by atoms with Crippen LogP contribution in [0.3, 0.4) is 0 Å². The third-order valence-electron chi connectivity index (χ3n) is 4.58. The number of hydrogen-bond donors (Lipinski definition) is 1. The molecule has 0 radical (unpaired) electrons. The number of carboxylic acid groups (broad SMARTS) is 1. The zero-order chi connectivity index (χ0) is 17.9. The van der Waals surface area contributed by atoms with Crippen LogP contribution in [0.4, 0.5) is 5.69 Å². The van der Waals surface area contributed by atoms with E-state index in [1.54, 1.807) is 4.90 Å². The van der Waals surface area contributed by atoms with E-state index in [1.165, 1.54) is 6.07 Å². The molecule has 2 rings (SSSR count). The normalized spacial score (nSPS) is 20.7. The smallest absolute Gasteiger partial charge is 0.335 e. The van der Waals surface area contributed by atoms with Crippen LogP contribution in [0, 0.1) is 16.0 Å². The van der Waals surface area contributed by atoms with Crippen molar-refractivity contribution < 1.29 is 19.6 Å². The van der Waals surface area contributed by atoms with Crippen molar-refractivity contribution in [1.82, 2.24) is 4.90 Å². The van der Waals surface area contributed by atoms with E-state index < -0.39 is 10.9 Å². The van der Waals surface area contributed by atoms with E-state index in [1.807, 2.05) is 0 Å². The summed E-state index contributed by atoms with van der Waals surface area (Å²) in [4.78, 5) is 36.2. The van der Waals surface area contributed by atoms with Crippen LogP contribution in [0.1, 0.15) is 60.2 Å². The van der Waals surface area contributed by atoms with Crippen molar-refractivity contribution in [3.63, 3.8) is 0 Å². The highest BCUT2D eigenvalue weighted by Crippen LogP contribution is 2.29. The van der Waals surface area contributed by atoms with Gasteiger partial charge in [0.25, 0.3) is 11.6 Å². The van der Waals surface area contributed by atoms with Crippen molar-refractivity contribution in [2.75, 3.05) is 6.54 Å². The van der Waals surface area contributed by atoms with Crippen LogP contribution in [-0.4, -0.2) is 39.4 Å². The van der Waals surface area contributed by atoms with Gasteiger partial charge in [-0.05, 0) is 31.2 Å². The van der Waals surface area contributed by atoms with Crippen molar-refractivity contribution in [3.05, 3.63) is 39.4 Å². The Balaban J connectivity index is 2.40. The van der Waals surface area contributed by atoms with Gasteiger partial charge in [-0.3, -0.25) is 14.9 Å². The summed E-state index contributed by atoms with van der Waals surface area (Å²) in [5.41, 5.74) is -0.559. The molecular formula is C17H22N2O5. The molecule has 2 unspecified atom stereocenters. The fourth-order valence-electron chi connectivity index (χ4n) is 3.37. The largest absolute Gasteiger partial charge is 0.478 e. The van der Waals surface area contributed by atoms with Crippen LogP contribution in [0.2, 0.25) is 0 Å². The maximum atomic E-state index is 12.9. The first kappa shape index (κ1) is 17.9. The molecule has 0 aromatic heterocycles. The molecule has 1 amide bonds. The van der Waals surface area contributed by atoms with Crippen LogP contribution in [0.25, 0.3) is 0 Å². The number of likely N-dealkylation sites (tertiary alicyclic amines) is 1. The van der Waals surface area contributed by atoms with Crippen molar-refractivity contribution in [3.8, 4) is 0 Å². The van der Waals surface area contributed by atoms with E-state index in [0.717, 1.165) is 37.8 Å². The topological polar surface area (TPSA) is 101 Å². The number of non-ortho nitro benzene ring substituents is 1. The Labute approximate surface area is 140 Å². The van der Waals surface area contributed by atoms with E-state index in [4.69, 9.17) is 5.11 Å². The van der Waals surface area contributed by atoms with Crippen LogP contribution in [0.15, 0.2) is 18.2 Å². The van der Waals surface area contributed by atoms with Crippen LogP contribution < -0.4 is 0 Å². The molecule has 7 heteroatoms. The number of nitro benzene ring substituents is 1. The van der Waals surface area contributed by atoms with Crippen molar-refractivity contribution in [1.29, 1.82) is 0 Å². The lowest BCUT2D eigenvalue weighted by Gasteiger charge is -2.40. The Morgan fingerprint density at radius 3 is 2.58 bits per heavy atom. The summed E-state index contributed by atoms with van der Waals surface area (Å²) in [6, 6.07) is 3.45. The maximum absolute atomic E-state index is 12.9. The average Bonchev–Trinajstić information content (AvgIpc) is 2.55. The lowest BCUT2D eigenvalue weighted by molar-refractivity contribution is -0.384. The standard InChI is InChI=1S/C17H22N2O5/c1-3-5-15-11(2)6-4-7-18(15)16(20)12-8-13(17(21)22)10-14(9-12)19(23)24/h8-11,15H,3-7H2,1-2H3,(H,21,22). The number of carbonyl (C=O) groups excluding carboxylic acids is 1. The first-order chi connectivity index (χ1) is 11.3. The summed E-state index contributed by atoms with van der Waals surface area (Å²) < 4.78 is 0. The molecule has 1 aliphatic heterocycles. The van der Waals surface area contributed by atoms with Gasteiger partial charge < -0.3 is 10.0 Å². The van der Waals surface area contributed by atoms with Gasteiger partial charge in [-0.2, -0.15) is 0 Å². The second-order valence-corrected chi connectivity index (χ2v) is 6.30. The van der Waals surface area contributed by atoms with Crippen LogP contribution >= 0.6 is 0 Å². The van der Waals surface area contributed by atoms with Crippen molar-refractivity contribution >= 4 is 17.6 Å². The number of amides is 1. The van der Waals surface area contributed by atoms with Gasteiger partial charge in [-0.25, -0.2) is 4.79 Å². The Morgan fingerprint density at radius 1 is 1.33 bits per heavy atom. The first-order valence-corrected chi connectivity index (χ1v) is 8.18. The molecule has 0 spiro atoms. The highest BCUT2D eigenvalue weighted by atomic mass is 16.6. The van der Waals surface area contributed by atoms with Gasteiger partial charge in [0.1, 0.15) is 0 Å². The molecule has 0 bridgehead atoms. The van der Waals surface area contributed by atoms with Crippen molar-refractivity contribution in [2.24, 2.45) is 5.92 Å². The Bertz CT molecular complexity index is 626. The highest BCUT2D eigenvalue weighted by Gasteiger charge is 2.32. The number of nitro groups is 1. The molecule has 24 heavy (non-hydrogen) atoms. The van der Waals surface area contributed by atoms with E-state index in [9.17, 15) is 19.7 Å². The molecule has 7 nitrogen and oxygen atoms in total. The summed E-state index contributed by atoms with van der Waals surface area (Å²) in [7, 11) is 0. The quantitative estimate of drug-likeness (QED) is 0.657. The van der Waals surface area contributed by atoms with Gasteiger partial charge in [-0.1, -0.05) is 20.3 Å². The minimum Gasteiger partial charge on any atom is -0.478 e. The number of rotatable bonds is 5. The van der Waals surface area contributed by atoms with Gasteiger partial charge >= 0.3 is 5.97 Å². The average molecular weight is 334 g/mol. The zero-order valence-corrected chi connectivity index (χ0v) is 13.9. The van der Waals surface area contributed by atoms with Crippen LogP contribution in [0.5, 0.6) is 0 Å². The summed E-state index contributed by atoms with van der Waals surface area (Å²) in [6.45, 7) is 4.76. The molecule has 1 heterocycles. The molecule has 1 aromatic carbocycles.